The van der Waals surface area contributed by atoms with Gasteiger partial charge in [-0.1, -0.05) is 0 Å². The molecule has 1 saturated carbocycles. The summed E-state index contributed by atoms with van der Waals surface area (Å²) in [5, 5.41) is 22.3. The molecule has 0 aromatic carbocycles. The van der Waals surface area contributed by atoms with E-state index in [4.69, 9.17) is 9.84 Å². The van der Waals surface area contributed by atoms with Gasteiger partial charge in [-0.3, -0.25) is 4.57 Å². The highest BCUT2D eigenvalue weighted by Crippen LogP contribution is 2.35. The lowest BCUT2D eigenvalue weighted by Crippen LogP contribution is -2.30. The minimum absolute atomic E-state index is 0.398. The zero-order chi connectivity index (χ0) is 16.1. The molecule has 2 aliphatic rings. The van der Waals surface area contributed by atoms with Crippen molar-refractivity contribution in [1.29, 1.82) is 0 Å². The molecule has 0 bridgehead atoms. The first-order valence-electron chi connectivity index (χ1n) is 7.64. The predicted octanol–water partition coefficient (Wildman–Crippen LogP) is 0.298. The second kappa shape index (κ2) is 5.36. The van der Waals surface area contributed by atoms with Gasteiger partial charge in [-0.15, -0.1) is 0 Å². The lowest BCUT2D eigenvalue weighted by molar-refractivity contribution is -0.0459. The Balaban J connectivity index is 1.74. The molecule has 23 heavy (non-hydrogen) atoms. The van der Waals surface area contributed by atoms with Crippen molar-refractivity contribution in [2.45, 2.75) is 50.4 Å². The first-order chi connectivity index (χ1) is 11.1. The van der Waals surface area contributed by atoms with E-state index in [1.54, 1.807) is 6.92 Å². The Hall–Kier alpha value is -1.84. The molecule has 2 fully saturated rings. The topological polar surface area (TPSA) is 105 Å². The summed E-state index contributed by atoms with van der Waals surface area (Å²) in [5.74, 6) is 1.16. The van der Waals surface area contributed by atoms with Crippen LogP contribution >= 0.6 is 0 Å². The fourth-order valence-corrected chi connectivity index (χ4v) is 2.81. The summed E-state index contributed by atoms with van der Waals surface area (Å²) >= 11 is 0. The molecule has 2 aromatic heterocycles. The van der Waals surface area contributed by atoms with Crippen molar-refractivity contribution in [1.82, 2.24) is 19.5 Å². The number of hydrogen-bond donors (Lipinski definition) is 3. The molecule has 0 unspecified atom stereocenters. The van der Waals surface area contributed by atoms with Crippen molar-refractivity contribution in [2.75, 3.05) is 11.9 Å². The molecule has 1 saturated heterocycles. The van der Waals surface area contributed by atoms with E-state index in [9.17, 15) is 9.50 Å². The minimum Gasteiger partial charge on any atom is -0.394 e. The number of nitrogens with one attached hydrogen (secondary N) is 1. The lowest BCUT2D eigenvalue weighted by atomic mass is 10.1. The molecule has 0 radical (unpaired) electrons. The van der Waals surface area contributed by atoms with Gasteiger partial charge in [0.15, 0.2) is 29.4 Å². The van der Waals surface area contributed by atoms with Gasteiger partial charge in [-0.05, 0) is 19.8 Å². The minimum atomic E-state index is -1.67. The molecule has 1 aliphatic heterocycles. The number of nitrogens with zero attached hydrogens (tertiary/aromatic N) is 4. The van der Waals surface area contributed by atoms with Gasteiger partial charge in [0.25, 0.3) is 0 Å². The van der Waals surface area contributed by atoms with Crippen molar-refractivity contribution in [3.63, 3.8) is 0 Å². The first kappa shape index (κ1) is 14.7. The van der Waals surface area contributed by atoms with E-state index in [0.717, 1.165) is 12.8 Å². The molecule has 9 heteroatoms. The van der Waals surface area contributed by atoms with E-state index >= 15 is 0 Å². The fraction of sp³-hybridized carbons (Fsp3) is 0.643. The van der Waals surface area contributed by atoms with Crippen LogP contribution < -0.4 is 5.32 Å². The fourth-order valence-electron chi connectivity index (χ4n) is 2.81. The monoisotopic (exact) mass is 323 g/mol. The maximum atomic E-state index is 14.3. The average Bonchev–Trinajstić information content (AvgIpc) is 3.17. The number of aryl methyl sites for hydroxylation is 1. The Morgan fingerprint density at radius 3 is 2.87 bits per heavy atom. The van der Waals surface area contributed by atoms with Gasteiger partial charge in [0.05, 0.1) is 12.9 Å². The number of ether oxygens (including phenoxy) is 1. The number of aliphatic hydroxyl groups is 2. The number of aliphatic hydroxyl groups excluding tert-OH is 2. The second-order valence-corrected chi connectivity index (χ2v) is 6.04. The normalized spacial score (nSPS) is 31.0. The summed E-state index contributed by atoms with van der Waals surface area (Å²) < 4.78 is 21.2. The number of alkyl halides is 1. The van der Waals surface area contributed by atoms with Crippen molar-refractivity contribution < 1.29 is 19.3 Å². The van der Waals surface area contributed by atoms with Crippen molar-refractivity contribution >= 4 is 17.0 Å². The van der Waals surface area contributed by atoms with Gasteiger partial charge in [0.1, 0.15) is 18.0 Å². The van der Waals surface area contributed by atoms with Crippen LogP contribution in [0, 0.1) is 6.92 Å². The number of imidazole rings is 1. The Morgan fingerprint density at radius 2 is 2.22 bits per heavy atom. The van der Waals surface area contributed by atoms with Crippen LogP contribution in [-0.4, -0.2) is 60.8 Å². The standard InChI is InChI=1S/C14H18FN5O3/c1-6-17-12(19-7-2-3-7)10-13(18-6)20(5-16-10)14-9(15)11(22)8(4-21)23-14/h5,7-9,11,14,21-22H,2-4H2,1H3,(H,17,18,19)/t8-,9+,11-,14-/m1/s1. The van der Waals surface area contributed by atoms with E-state index in [2.05, 4.69) is 20.3 Å². The molecular weight excluding hydrogens is 305 g/mol. The van der Waals surface area contributed by atoms with E-state index in [1.807, 2.05) is 0 Å². The highest BCUT2D eigenvalue weighted by Gasteiger charge is 2.45. The van der Waals surface area contributed by atoms with Crippen molar-refractivity contribution in [3.05, 3.63) is 12.2 Å². The second-order valence-electron chi connectivity index (χ2n) is 6.04. The average molecular weight is 323 g/mol. The third-order valence-corrected chi connectivity index (χ3v) is 4.20. The molecule has 124 valence electrons. The maximum absolute atomic E-state index is 14.3. The zero-order valence-corrected chi connectivity index (χ0v) is 12.6. The molecule has 8 nitrogen and oxygen atoms in total. The Bertz CT molecular complexity index is 735. The predicted molar refractivity (Wildman–Crippen MR) is 78.6 cm³/mol. The molecular formula is C14H18FN5O3. The third-order valence-electron chi connectivity index (χ3n) is 4.20. The molecule has 0 spiro atoms. The number of aromatic nitrogens is 4. The molecule has 2 aromatic rings. The highest BCUT2D eigenvalue weighted by molar-refractivity contribution is 5.83. The van der Waals surface area contributed by atoms with Crippen LogP contribution in [0.15, 0.2) is 6.33 Å². The number of anilines is 1. The van der Waals surface area contributed by atoms with Gasteiger partial charge < -0.3 is 20.3 Å². The smallest absolute Gasteiger partial charge is 0.173 e. The van der Waals surface area contributed by atoms with Crippen LogP contribution in [0.5, 0.6) is 0 Å². The lowest BCUT2D eigenvalue weighted by Gasteiger charge is -2.15. The van der Waals surface area contributed by atoms with Gasteiger partial charge in [-0.25, -0.2) is 19.3 Å². The van der Waals surface area contributed by atoms with Crippen LogP contribution in [0.1, 0.15) is 24.9 Å². The van der Waals surface area contributed by atoms with Crippen molar-refractivity contribution in [3.8, 4) is 0 Å². The first-order valence-corrected chi connectivity index (χ1v) is 7.64. The Kier molecular flexibility index (Phi) is 3.43. The molecule has 4 atom stereocenters. The van der Waals surface area contributed by atoms with Gasteiger partial charge in [0, 0.05) is 6.04 Å². The summed E-state index contributed by atoms with van der Waals surface area (Å²) in [4.78, 5) is 13.0. The number of halogens is 1. The van der Waals surface area contributed by atoms with Crippen molar-refractivity contribution in [2.24, 2.45) is 0 Å². The zero-order valence-electron chi connectivity index (χ0n) is 12.6. The van der Waals surface area contributed by atoms with Gasteiger partial charge in [-0.2, -0.15) is 0 Å². The maximum Gasteiger partial charge on any atom is 0.173 e. The van der Waals surface area contributed by atoms with Crippen LogP contribution in [0.3, 0.4) is 0 Å². The van der Waals surface area contributed by atoms with Crippen LogP contribution in [0.25, 0.3) is 11.2 Å². The van der Waals surface area contributed by atoms with Crippen LogP contribution in [-0.2, 0) is 4.74 Å². The SMILES string of the molecule is Cc1nc(NC2CC2)c2ncn([C@@H]3O[C@H](CO)[C@@H](O)[C@@H]3F)c2n1. The van der Waals surface area contributed by atoms with Gasteiger partial charge >= 0.3 is 0 Å². The molecule has 3 N–H and O–H groups in total. The summed E-state index contributed by atoms with van der Waals surface area (Å²) in [6.07, 6.45) is -1.47. The number of rotatable bonds is 4. The number of fused-ring (bicyclic) bond motifs is 1. The van der Waals surface area contributed by atoms with E-state index < -0.39 is 31.2 Å². The Morgan fingerprint density at radius 1 is 1.43 bits per heavy atom. The van der Waals surface area contributed by atoms with E-state index in [0.29, 0.717) is 28.8 Å². The quantitative estimate of drug-likeness (QED) is 0.743. The molecule has 3 heterocycles. The van der Waals surface area contributed by atoms with E-state index in [-0.39, 0.29) is 0 Å². The summed E-state index contributed by atoms with van der Waals surface area (Å²) in [6.45, 7) is 1.30. The van der Waals surface area contributed by atoms with E-state index in [1.165, 1.54) is 10.9 Å². The molecule has 1 aliphatic carbocycles. The Labute approximate surface area is 131 Å². The summed E-state index contributed by atoms with van der Waals surface area (Å²) in [5.41, 5.74) is 0.985. The van der Waals surface area contributed by atoms with Crippen LogP contribution in [0.2, 0.25) is 0 Å². The summed E-state index contributed by atoms with van der Waals surface area (Å²) in [7, 11) is 0. The van der Waals surface area contributed by atoms with Gasteiger partial charge in [0.2, 0.25) is 0 Å². The highest BCUT2D eigenvalue weighted by atomic mass is 19.1. The third kappa shape index (κ3) is 2.44. The number of hydrogen-bond acceptors (Lipinski definition) is 7. The summed E-state index contributed by atoms with van der Waals surface area (Å²) in [6, 6.07) is 0.398. The molecule has 4 rings (SSSR count). The van der Waals surface area contributed by atoms with Crippen LogP contribution in [0.4, 0.5) is 10.2 Å². The largest absolute Gasteiger partial charge is 0.394 e. The molecule has 0 amide bonds.